The van der Waals surface area contributed by atoms with Gasteiger partial charge in [0.05, 0.1) is 5.69 Å². The van der Waals surface area contributed by atoms with E-state index in [2.05, 4.69) is 155 Å². The molecule has 0 bridgehead atoms. The lowest BCUT2D eigenvalue weighted by atomic mass is 9.35. The van der Waals surface area contributed by atoms with Crippen LogP contribution in [0.4, 0.5) is 28.4 Å². The van der Waals surface area contributed by atoms with Crippen molar-refractivity contribution in [2.75, 3.05) is 9.80 Å². The summed E-state index contributed by atoms with van der Waals surface area (Å²) in [5.74, 6) is 1.84. The van der Waals surface area contributed by atoms with Crippen molar-refractivity contribution >= 4 is 94.2 Å². The van der Waals surface area contributed by atoms with Crippen LogP contribution in [-0.4, -0.2) is 12.8 Å². The SMILES string of the molecule is CC(C)(C)c1cc2c3c(c1)C1CCCCC1N3c1cc3c(c4c1B2c1sc2ccc(C(C)(C)C)cc2c1N4c1ccc2oc4ccccc4c2c1)C(C)(C)C1CCCCC31. The molecular formula is C55H57BN2OS. The van der Waals surface area contributed by atoms with Gasteiger partial charge in [0, 0.05) is 60.3 Å². The highest BCUT2D eigenvalue weighted by molar-refractivity contribution is 7.33. The van der Waals surface area contributed by atoms with Gasteiger partial charge >= 0.3 is 0 Å². The number of thiophene rings is 1. The molecule has 4 atom stereocenters. The molecule has 3 aliphatic carbocycles. The van der Waals surface area contributed by atoms with Crippen LogP contribution in [0.15, 0.2) is 83.3 Å². The number of fused-ring (bicyclic) bond motifs is 16. The van der Waals surface area contributed by atoms with Gasteiger partial charge in [-0.15, -0.1) is 11.3 Å². The second kappa shape index (κ2) is 11.9. The van der Waals surface area contributed by atoms with Gasteiger partial charge in [0.2, 0.25) is 0 Å². The highest BCUT2D eigenvalue weighted by atomic mass is 32.1. The van der Waals surface area contributed by atoms with Crippen LogP contribution in [0.25, 0.3) is 32.0 Å². The molecular weight excluding hydrogens is 747 g/mol. The standard InChI is InChI=1S/C55H57BN2OS/c1-53(2,3)30-21-24-46-39(25-30)50-52(60-46)56-41-27-31(54(4,5)6)26-38-34-16-10-13-19-42(34)58(49(38)41)43-29-37-33-15-9-12-18-40(33)55(7,8)47(37)51(48(43)56)57(50)32-22-23-45-36(28-32)35-17-11-14-20-44(35)59-45/h11,14,17,20-29,33-34,40,42H,9-10,12-13,15-16,18-19H2,1-8H3. The van der Waals surface area contributed by atoms with Gasteiger partial charge in [-0.2, -0.15) is 0 Å². The molecule has 4 unspecified atom stereocenters. The van der Waals surface area contributed by atoms with Gasteiger partial charge < -0.3 is 14.2 Å². The minimum absolute atomic E-state index is 0.0324. The molecule has 302 valence electrons. The molecule has 0 N–H and O–H groups in total. The molecule has 5 heterocycles. The van der Waals surface area contributed by atoms with Crippen LogP contribution in [0, 0.1) is 5.92 Å². The second-order valence-electron chi connectivity index (χ2n) is 22.2. The Morgan fingerprint density at radius 3 is 2.23 bits per heavy atom. The summed E-state index contributed by atoms with van der Waals surface area (Å²) in [6, 6.07) is 31.8. The lowest BCUT2D eigenvalue weighted by molar-refractivity contribution is 0.233. The van der Waals surface area contributed by atoms with Crippen LogP contribution in [0.2, 0.25) is 0 Å². The molecule has 0 radical (unpaired) electrons. The van der Waals surface area contributed by atoms with Crippen molar-refractivity contribution in [3.63, 3.8) is 0 Å². The number of hydrogen-bond acceptors (Lipinski definition) is 4. The molecule has 3 aliphatic heterocycles. The third kappa shape index (κ3) is 4.63. The maximum absolute atomic E-state index is 6.52. The fourth-order valence-electron chi connectivity index (χ4n) is 13.7. The first-order chi connectivity index (χ1) is 28.8. The third-order valence-electron chi connectivity index (χ3n) is 16.6. The zero-order chi connectivity index (χ0) is 40.8. The first-order valence-corrected chi connectivity index (χ1v) is 24.1. The van der Waals surface area contributed by atoms with Gasteiger partial charge in [-0.1, -0.05) is 117 Å². The first kappa shape index (κ1) is 36.2. The van der Waals surface area contributed by atoms with E-state index in [4.69, 9.17) is 4.42 Å². The van der Waals surface area contributed by atoms with Gasteiger partial charge in [-0.3, -0.25) is 0 Å². The van der Waals surface area contributed by atoms with Gasteiger partial charge in [0.25, 0.3) is 6.71 Å². The molecule has 0 spiro atoms. The zero-order valence-corrected chi connectivity index (χ0v) is 37.6. The minimum atomic E-state index is 0.0324. The summed E-state index contributed by atoms with van der Waals surface area (Å²) in [6.07, 6.45) is 10.5. The van der Waals surface area contributed by atoms with E-state index in [1.54, 1.807) is 33.3 Å². The smallest absolute Gasteiger partial charge is 0.264 e. The molecule has 3 nitrogen and oxygen atoms in total. The van der Waals surface area contributed by atoms with Crippen molar-refractivity contribution in [1.29, 1.82) is 0 Å². The fourth-order valence-corrected chi connectivity index (χ4v) is 15.0. The van der Waals surface area contributed by atoms with Crippen molar-refractivity contribution in [3.05, 3.63) is 107 Å². The normalized spacial score (nSPS) is 23.5. The Bertz CT molecular complexity index is 3010. The van der Waals surface area contributed by atoms with Gasteiger partial charge in [-0.05, 0) is 135 Å². The Morgan fingerprint density at radius 2 is 1.42 bits per heavy atom. The van der Waals surface area contributed by atoms with Gasteiger partial charge in [0.15, 0.2) is 0 Å². The average Bonchev–Trinajstić information content (AvgIpc) is 3.95. The first-order valence-electron chi connectivity index (χ1n) is 23.3. The van der Waals surface area contributed by atoms with E-state index < -0.39 is 0 Å². The maximum Gasteiger partial charge on any atom is 0.264 e. The molecule has 5 heteroatoms. The van der Waals surface area contributed by atoms with E-state index in [-0.39, 0.29) is 23.0 Å². The van der Waals surface area contributed by atoms with E-state index in [0.29, 0.717) is 23.8 Å². The molecule has 2 aromatic heterocycles. The summed E-state index contributed by atoms with van der Waals surface area (Å²) >= 11 is 2.07. The van der Waals surface area contributed by atoms with Crippen molar-refractivity contribution in [2.45, 2.75) is 141 Å². The largest absolute Gasteiger partial charge is 0.456 e. The van der Waals surface area contributed by atoms with Crippen molar-refractivity contribution in [3.8, 4) is 0 Å². The highest BCUT2D eigenvalue weighted by Gasteiger charge is 2.57. The topological polar surface area (TPSA) is 19.6 Å². The minimum Gasteiger partial charge on any atom is -0.456 e. The Balaban J connectivity index is 1.21. The summed E-state index contributed by atoms with van der Waals surface area (Å²) in [4.78, 5) is 5.78. The number of furan rings is 1. The number of nitrogens with zero attached hydrogens (tertiary/aromatic N) is 2. The van der Waals surface area contributed by atoms with E-state index in [1.807, 2.05) is 0 Å². The molecule has 2 fully saturated rings. The number of hydrogen-bond donors (Lipinski definition) is 0. The molecule has 2 saturated carbocycles. The highest BCUT2D eigenvalue weighted by Crippen LogP contribution is 2.63. The molecule has 0 amide bonds. The molecule has 0 saturated heterocycles. The summed E-state index contributed by atoms with van der Waals surface area (Å²) in [5, 5.41) is 3.79. The van der Waals surface area contributed by atoms with Gasteiger partial charge in [-0.25, -0.2) is 0 Å². The summed E-state index contributed by atoms with van der Waals surface area (Å²) in [5.41, 5.74) is 20.3. The van der Waals surface area contributed by atoms with Crippen LogP contribution < -0.4 is 25.5 Å². The quantitative estimate of drug-likeness (QED) is 0.154. The average molecular weight is 805 g/mol. The van der Waals surface area contributed by atoms with Crippen LogP contribution >= 0.6 is 11.3 Å². The van der Waals surface area contributed by atoms with Crippen LogP contribution in [-0.2, 0) is 16.2 Å². The monoisotopic (exact) mass is 804 g/mol. The van der Waals surface area contributed by atoms with E-state index in [1.165, 1.54) is 111 Å². The number of para-hydroxylation sites is 1. The van der Waals surface area contributed by atoms with Crippen LogP contribution in [0.3, 0.4) is 0 Å². The van der Waals surface area contributed by atoms with Crippen LogP contribution in [0.1, 0.15) is 146 Å². The lowest BCUT2D eigenvalue weighted by Gasteiger charge is -2.46. The number of rotatable bonds is 1. The fraction of sp³-hybridized carbons (Fsp3) is 0.418. The Kier molecular flexibility index (Phi) is 7.19. The van der Waals surface area contributed by atoms with Crippen molar-refractivity contribution in [2.24, 2.45) is 5.92 Å². The number of benzene rings is 5. The Labute approximate surface area is 360 Å². The predicted octanol–water partition coefficient (Wildman–Crippen LogP) is 13.8. The molecule has 7 aromatic rings. The van der Waals surface area contributed by atoms with E-state index >= 15 is 0 Å². The second-order valence-corrected chi connectivity index (χ2v) is 23.3. The van der Waals surface area contributed by atoms with Crippen molar-refractivity contribution in [1.82, 2.24) is 0 Å². The maximum atomic E-state index is 6.52. The predicted molar refractivity (Wildman–Crippen MR) is 257 cm³/mol. The Hall–Kier alpha value is -4.48. The number of anilines is 5. The third-order valence-corrected chi connectivity index (χ3v) is 17.8. The van der Waals surface area contributed by atoms with Crippen LogP contribution in [0.5, 0.6) is 0 Å². The van der Waals surface area contributed by atoms with E-state index in [0.717, 1.165) is 11.2 Å². The Morgan fingerprint density at radius 1 is 0.667 bits per heavy atom. The molecule has 6 aliphatic rings. The summed E-state index contributed by atoms with van der Waals surface area (Å²) in [7, 11) is 0. The van der Waals surface area contributed by atoms with E-state index in [9.17, 15) is 0 Å². The molecule has 60 heavy (non-hydrogen) atoms. The van der Waals surface area contributed by atoms with Gasteiger partial charge in [0.1, 0.15) is 11.2 Å². The summed E-state index contributed by atoms with van der Waals surface area (Å²) in [6.45, 7) is 19.8. The zero-order valence-electron chi connectivity index (χ0n) is 36.8. The molecule has 5 aromatic carbocycles. The summed E-state index contributed by atoms with van der Waals surface area (Å²) < 4.78 is 9.42. The lowest BCUT2D eigenvalue weighted by Crippen LogP contribution is -2.62. The van der Waals surface area contributed by atoms with Crippen molar-refractivity contribution < 1.29 is 4.42 Å². The molecule has 13 rings (SSSR count).